The second-order valence-electron chi connectivity index (χ2n) is 34.1. The topological polar surface area (TPSA) is 516 Å². The average molecular weight is 1790 g/mol. The molecule has 7 aromatic carbocycles. The van der Waals surface area contributed by atoms with E-state index in [4.69, 9.17) is 84.2 Å². The van der Waals surface area contributed by atoms with Gasteiger partial charge >= 0.3 is 5.97 Å². The Labute approximate surface area is 734 Å². The van der Waals surface area contributed by atoms with Crippen molar-refractivity contribution in [3.63, 3.8) is 0 Å². The third-order valence-corrected chi connectivity index (χ3v) is 25.2. The van der Waals surface area contributed by atoms with Crippen LogP contribution in [0.4, 0.5) is 0 Å². The number of benzene rings is 7. The minimum absolute atomic E-state index is 0.0274. The number of carboxylic acids is 1. The SMILES string of the molecule is CCC(CC(C)C)C(=O)N[C@H]1C(=O)C[C@@H](CC(N)=O)C(=O)C[C@H]2C(=O)N[C@H]3C(=O)NC(C(O)NC(C(=O)O)c4cc(O)cc(O)c4-c4cc3ccc4O)C(O[C@H]3CC(C)(N)C(O)C(C)O3)c3ccc(c(Cl)c3)Oc3cc2cc(c3O[C@@H]2O[C@H](CO)[C@@H](O)[C@H](O)C2O[C@H]2C[C@](C)(CCc3ccc(-c4ccc(Cl)cc4)cc3)[C@@H](O)[C@H](C)O2)Oc2ccc(cc2Cl)C1O. The summed E-state index contributed by atoms with van der Waals surface area (Å²) in [5, 5.41) is 141. The van der Waals surface area contributed by atoms with Crippen LogP contribution in [0.2, 0.25) is 15.1 Å². The molecule has 0 aliphatic carbocycles. The summed E-state index contributed by atoms with van der Waals surface area (Å²) in [4.78, 5) is 106. The third-order valence-electron chi connectivity index (χ3n) is 24.3. The number of hydrogen-bond donors (Lipinski definition) is 17. The van der Waals surface area contributed by atoms with Gasteiger partial charge in [0.2, 0.25) is 35.7 Å². The Kier molecular flexibility index (Phi) is 28.6. The average Bonchev–Trinajstić information content (AvgIpc) is 0.762. The molecule has 10 unspecified atom stereocenters. The number of primary amides is 1. The maximum absolute atomic E-state index is 16.7. The van der Waals surface area contributed by atoms with Gasteiger partial charge in [-0.1, -0.05) is 117 Å². The molecule has 8 heterocycles. The van der Waals surface area contributed by atoms with Crippen molar-refractivity contribution >= 4 is 76.0 Å². The van der Waals surface area contributed by atoms with Crippen LogP contribution in [0.5, 0.6) is 46.0 Å². The number of phenolic OH excluding ortho intramolecular Hbond substituents is 3. The zero-order valence-electron chi connectivity index (χ0n) is 69.2. The highest BCUT2D eigenvalue weighted by molar-refractivity contribution is 6.32. The van der Waals surface area contributed by atoms with Gasteiger partial charge in [0.1, 0.15) is 89.4 Å². The summed E-state index contributed by atoms with van der Waals surface area (Å²) in [5.74, 6) is -17.3. The first-order chi connectivity index (χ1) is 59.2. The van der Waals surface area contributed by atoms with Crippen LogP contribution in [0.1, 0.15) is 163 Å². The Morgan fingerprint density at radius 1 is 0.672 bits per heavy atom. The number of aliphatic carboxylic acids is 1. The summed E-state index contributed by atoms with van der Waals surface area (Å²) in [6, 6.07) is 22.0. The van der Waals surface area contributed by atoms with Crippen LogP contribution < -0.4 is 46.9 Å². The molecule has 4 amide bonds. The quantitative estimate of drug-likeness (QED) is 0.0359. The Balaban J connectivity index is 1.02. The largest absolute Gasteiger partial charge is 0.508 e. The van der Waals surface area contributed by atoms with E-state index in [0.29, 0.717) is 24.3 Å². The van der Waals surface area contributed by atoms with Gasteiger partial charge in [0.15, 0.2) is 36.0 Å². The number of aromatic hydroxyl groups is 3. The number of Topliss-reactive ketones (excluding diaryl/α,β-unsaturated/α-hetero) is 2. The van der Waals surface area contributed by atoms with Crippen LogP contribution in [0.15, 0.2) is 127 Å². The monoisotopic (exact) mass is 1790 g/mol. The third kappa shape index (κ3) is 20.5. The van der Waals surface area contributed by atoms with E-state index in [1.165, 1.54) is 50.2 Å². The fourth-order valence-electron chi connectivity index (χ4n) is 17.4. The van der Waals surface area contributed by atoms with Crippen LogP contribution in [0.3, 0.4) is 0 Å². The lowest BCUT2D eigenvalue weighted by Crippen LogP contribution is -2.62. The number of aliphatic hydroxyl groups is 7. The molecule has 15 rings (SSSR count). The summed E-state index contributed by atoms with van der Waals surface area (Å²) in [6.07, 6.45) is -24.9. The minimum atomic E-state index is -2.39. The summed E-state index contributed by atoms with van der Waals surface area (Å²) < 4.78 is 53.4. The molecule has 35 heteroatoms. The predicted molar refractivity (Wildman–Crippen MR) is 451 cm³/mol. The number of ether oxygens (including phenoxy) is 8. The van der Waals surface area contributed by atoms with Crippen LogP contribution in [0.25, 0.3) is 22.3 Å². The normalized spacial score (nSPS) is 30.5. The summed E-state index contributed by atoms with van der Waals surface area (Å²) >= 11 is 20.9. The molecule has 125 heavy (non-hydrogen) atoms. The van der Waals surface area contributed by atoms with Gasteiger partial charge in [-0.05, 0) is 164 Å². The molecule has 23 atom stereocenters. The summed E-state index contributed by atoms with van der Waals surface area (Å²) in [5.41, 5.74) is 10.8. The second kappa shape index (κ2) is 38.5. The maximum atomic E-state index is 16.7. The number of hydrogen-bond acceptors (Lipinski definition) is 27. The van der Waals surface area contributed by atoms with Gasteiger partial charge < -0.3 is 121 Å². The summed E-state index contributed by atoms with van der Waals surface area (Å²) in [6.45, 7) is 11.0. The van der Waals surface area contributed by atoms with Crippen LogP contribution in [-0.4, -0.2) is 195 Å². The molecule has 11 bridgehead atoms. The van der Waals surface area contributed by atoms with E-state index in [2.05, 4.69) is 21.3 Å². The molecule has 8 aliphatic heterocycles. The van der Waals surface area contributed by atoms with Crippen LogP contribution >= 0.6 is 34.8 Å². The van der Waals surface area contributed by atoms with Gasteiger partial charge in [0, 0.05) is 77.1 Å². The van der Waals surface area contributed by atoms with Crippen molar-refractivity contribution in [2.45, 2.75) is 228 Å². The Morgan fingerprint density at radius 3 is 1.90 bits per heavy atom. The lowest BCUT2D eigenvalue weighted by atomic mass is 9.72. The molecule has 7 aromatic rings. The fourth-order valence-corrected chi connectivity index (χ4v) is 18.0. The van der Waals surface area contributed by atoms with Gasteiger partial charge in [0.25, 0.3) is 0 Å². The van der Waals surface area contributed by atoms with Crippen molar-refractivity contribution < 1.29 is 128 Å². The number of nitrogens with two attached hydrogens (primary N) is 2. The highest BCUT2D eigenvalue weighted by Gasteiger charge is 2.53. The first-order valence-corrected chi connectivity index (χ1v) is 42.4. The lowest BCUT2D eigenvalue weighted by molar-refractivity contribution is -0.339. The number of nitrogens with one attached hydrogen (secondary N) is 4. The number of aryl methyl sites for hydroxylation is 1. The van der Waals surface area contributed by atoms with Crippen molar-refractivity contribution in [3.8, 4) is 68.2 Å². The molecule has 0 spiro atoms. The van der Waals surface area contributed by atoms with E-state index in [1.807, 2.05) is 57.2 Å². The number of phenols is 3. The van der Waals surface area contributed by atoms with Gasteiger partial charge in [0.05, 0.1) is 53.0 Å². The number of halogens is 3. The molecule has 670 valence electrons. The Bertz CT molecular complexity index is 5180. The number of carbonyl (C=O) groups is 7. The van der Waals surface area contributed by atoms with Crippen molar-refractivity contribution in [1.82, 2.24) is 21.3 Å². The van der Waals surface area contributed by atoms with Gasteiger partial charge in [-0.25, -0.2) is 0 Å². The number of rotatable bonds is 19. The molecule has 0 saturated carbocycles. The van der Waals surface area contributed by atoms with Crippen LogP contribution in [0, 0.1) is 23.2 Å². The van der Waals surface area contributed by atoms with E-state index >= 15 is 19.2 Å². The molecular formula is C90H103Cl3N6O26. The first kappa shape index (κ1) is 93.0. The van der Waals surface area contributed by atoms with Crippen LogP contribution in [-0.2, 0) is 63.7 Å². The number of ketones is 2. The number of aliphatic hydroxyl groups excluding tert-OH is 7. The molecule has 3 fully saturated rings. The van der Waals surface area contributed by atoms with Crippen molar-refractivity contribution in [2.75, 3.05) is 6.61 Å². The zero-order valence-corrected chi connectivity index (χ0v) is 71.5. The van der Waals surface area contributed by atoms with Gasteiger partial charge in [-0.2, -0.15) is 0 Å². The van der Waals surface area contributed by atoms with Gasteiger partial charge in [-0.15, -0.1) is 0 Å². The molecule has 32 nitrogen and oxygen atoms in total. The molecule has 19 N–H and O–H groups in total. The van der Waals surface area contributed by atoms with E-state index < -0.39 is 257 Å². The number of carboxylic acid groups (broad SMARTS) is 1. The number of fused-ring (bicyclic) bond motifs is 15. The maximum Gasteiger partial charge on any atom is 0.325 e. The highest BCUT2D eigenvalue weighted by Crippen LogP contribution is 2.52. The zero-order chi connectivity index (χ0) is 90.3. The lowest BCUT2D eigenvalue weighted by Gasteiger charge is -2.48. The second-order valence-corrected chi connectivity index (χ2v) is 35.4. The smallest absolute Gasteiger partial charge is 0.325 e. The van der Waals surface area contributed by atoms with E-state index in [-0.39, 0.29) is 69.0 Å². The van der Waals surface area contributed by atoms with E-state index in [1.54, 1.807) is 26.0 Å². The minimum Gasteiger partial charge on any atom is -0.508 e. The first-order valence-electron chi connectivity index (χ1n) is 41.2. The van der Waals surface area contributed by atoms with Gasteiger partial charge in [-0.3, -0.25) is 38.9 Å². The summed E-state index contributed by atoms with van der Waals surface area (Å²) in [7, 11) is 0. The number of amides is 4. The number of carbonyl (C=O) groups excluding carboxylic acids is 6. The van der Waals surface area contributed by atoms with E-state index in [0.717, 1.165) is 59.2 Å². The Morgan fingerprint density at radius 2 is 1.29 bits per heavy atom. The predicted octanol–water partition coefficient (Wildman–Crippen LogP) is 8.79. The molecule has 8 aliphatic rings. The highest BCUT2D eigenvalue weighted by atomic mass is 35.5. The molecule has 3 saturated heterocycles. The standard InChI is InChI=1S/C90H103Cl3N6O26/c1-8-43(25-39(2)3)83(112)98-73-61(105)29-50(32-67(94)106)59(103)35-53-49-30-64(120-62-21-16-47(75(73)107)27-56(62)92)79(125-88-80(77(109)76(108)66(38-100)122-88)124-68-36-89(6,81(110)40(4)118-68)24-23-42-9-11-44(12-10-42)45-13-18-51(91)19-14-45)65(31-49)121-63-22-17-48(28-57(63)93)78(123-69-37-90(7,95)82(111)41(5)119-69)74-86(115)97-72(87(116)117)55-33-52(101)34-60(104)70(55)54-26-46(15-20-58(54)102)71(85(114)99-74)96-84(53)113/h9-22,26-28,30-31,33-34,39-41,43,50,53,66,68-69,71-78,80-82,86,88,97,100-102,104,107-111,115H,8,23-25,29,32,35-38,95H2,1-7H3,(H2,94,106)(H,96,113)(H,98,112)(H,99,114)(H,116,117)/t40-,41?,43?,50-,53+,66+,68-,69-,71+,72?,73-,74?,75?,76+,77-,78?,80?,81-,82?,86?,88-,89-,90?/m0/s1. The Hall–Kier alpha value is -9.66. The van der Waals surface area contributed by atoms with Crippen molar-refractivity contribution in [2.24, 2.45) is 34.6 Å². The fraction of sp³-hybridized carbons (Fsp3) is 0.456. The molecule has 0 aromatic heterocycles. The van der Waals surface area contributed by atoms with Crippen molar-refractivity contribution in [1.29, 1.82) is 0 Å². The molecule has 0 radical (unpaired) electrons. The molecular weight excluding hydrogens is 1690 g/mol. The van der Waals surface area contributed by atoms with Crippen molar-refractivity contribution in [3.05, 3.63) is 176 Å². The van der Waals surface area contributed by atoms with E-state index in [9.17, 15) is 70.6 Å².